The van der Waals surface area contributed by atoms with Crippen molar-refractivity contribution in [1.29, 1.82) is 0 Å². The molecule has 0 amide bonds. The van der Waals surface area contributed by atoms with E-state index in [-0.39, 0.29) is 0 Å². The lowest BCUT2D eigenvalue weighted by atomic mass is 9.84. The Hall–Kier alpha value is -2.53. The first kappa shape index (κ1) is 15.9. The molecule has 22 heavy (non-hydrogen) atoms. The maximum Gasteiger partial charge on any atom is 0.321 e. The van der Waals surface area contributed by atoms with E-state index in [4.69, 9.17) is 15.2 Å². The number of hydrogen-bond acceptors (Lipinski definition) is 4. The summed E-state index contributed by atoms with van der Waals surface area (Å²) in [5.74, 6) is -0.568. The molecule has 0 aromatic heterocycles. The maximum absolute atomic E-state index is 11.5. The topological polar surface area (TPSA) is 81.8 Å². The van der Waals surface area contributed by atoms with E-state index in [0.717, 1.165) is 5.56 Å². The van der Waals surface area contributed by atoms with Gasteiger partial charge in [-0.2, -0.15) is 0 Å². The van der Waals surface area contributed by atoms with Crippen LogP contribution in [0, 0.1) is 0 Å². The molecule has 0 heterocycles. The van der Waals surface area contributed by atoms with E-state index >= 15 is 0 Å². The van der Waals surface area contributed by atoms with Crippen molar-refractivity contribution in [1.82, 2.24) is 0 Å². The molecule has 5 nitrogen and oxygen atoms in total. The second-order valence-electron chi connectivity index (χ2n) is 4.83. The monoisotopic (exact) mass is 301 g/mol. The van der Waals surface area contributed by atoms with E-state index in [2.05, 4.69) is 0 Å². The van der Waals surface area contributed by atoms with E-state index in [1.807, 2.05) is 30.3 Å². The Labute approximate surface area is 129 Å². The zero-order chi connectivity index (χ0) is 16.1. The van der Waals surface area contributed by atoms with Crippen LogP contribution in [0.25, 0.3) is 0 Å². The second kappa shape index (κ2) is 6.95. The molecule has 3 N–H and O–H groups in total. The van der Waals surface area contributed by atoms with Crippen LogP contribution < -0.4 is 15.2 Å². The Morgan fingerprint density at radius 2 is 1.55 bits per heavy atom. The number of carboxylic acid groups (broad SMARTS) is 1. The number of carbonyl (C=O) groups is 1. The van der Waals surface area contributed by atoms with E-state index in [1.54, 1.807) is 18.2 Å². The van der Waals surface area contributed by atoms with E-state index < -0.39 is 17.9 Å². The molecule has 2 aromatic carbocycles. The first-order chi connectivity index (χ1) is 10.6. The number of hydrogen-bond donors (Lipinski definition) is 2. The summed E-state index contributed by atoms with van der Waals surface area (Å²) in [6.45, 7) is 0. The molecule has 0 spiro atoms. The van der Waals surface area contributed by atoms with Crippen LogP contribution in [0.5, 0.6) is 11.5 Å². The third-order valence-corrected chi connectivity index (χ3v) is 3.58. The number of carboxylic acids is 1. The average molecular weight is 301 g/mol. The van der Waals surface area contributed by atoms with Crippen LogP contribution >= 0.6 is 0 Å². The van der Waals surface area contributed by atoms with Crippen molar-refractivity contribution < 1.29 is 19.4 Å². The summed E-state index contributed by atoms with van der Waals surface area (Å²) in [5.41, 5.74) is 7.39. The first-order valence-electron chi connectivity index (χ1n) is 6.84. The van der Waals surface area contributed by atoms with Crippen LogP contribution in [-0.2, 0) is 4.79 Å². The Morgan fingerprint density at radius 3 is 2.00 bits per heavy atom. The molecule has 0 aliphatic rings. The first-order valence-corrected chi connectivity index (χ1v) is 6.84. The van der Waals surface area contributed by atoms with Crippen molar-refractivity contribution in [2.75, 3.05) is 14.2 Å². The minimum Gasteiger partial charge on any atom is -0.496 e. The summed E-state index contributed by atoms with van der Waals surface area (Å²) in [7, 11) is 3.07. The van der Waals surface area contributed by atoms with Crippen LogP contribution in [0.2, 0.25) is 0 Å². The van der Waals surface area contributed by atoms with E-state index in [0.29, 0.717) is 17.1 Å². The predicted octanol–water partition coefficient (Wildman–Crippen LogP) is 2.25. The number of methoxy groups -OCH3 is 2. The van der Waals surface area contributed by atoms with Crippen LogP contribution in [0.1, 0.15) is 17.0 Å². The van der Waals surface area contributed by atoms with Gasteiger partial charge in [0.05, 0.1) is 14.2 Å². The van der Waals surface area contributed by atoms with Crippen molar-refractivity contribution in [2.45, 2.75) is 12.0 Å². The Kier molecular flexibility index (Phi) is 5.01. The molecule has 0 saturated heterocycles. The predicted molar refractivity (Wildman–Crippen MR) is 83.4 cm³/mol. The number of nitrogens with two attached hydrogens (primary N) is 1. The quantitative estimate of drug-likeness (QED) is 0.855. The summed E-state index contributed by atoms with van der Waals surface area (Å²) < 4.78 is 10.8. The molecule has 2 aromatic rings. The maximum atomic E-state index is 11.5. The van der Waals surface area contributed by atoms with Gasteiger partial charge in [-0.3, -0.25) is 4.79 Å². The minimum atomic E-state index is -1.12. The molecule has 0 saturated carbocycles. The molecule has 2 rings (SSSR count). The number of ether oxygens (including phenoxy) is 2. The lowest BCUT2D eigenvalue weighted by Gasteiger charge is -2.25. The van der Waals surface area contributed by atoms with Crippen LogP contribution in [0.15, 0.2) is 48.5 Å². The highest BCUT2D eigenvalue weighted by Gasteiger charge is 2.32. The molecular weight excluding hydrogens is 282 g/mol. The second-order valence-corrected chi connectivity index (χ2v) is 4.83. The molecule has 0 bridgehead atoms. The van der Waals surface area contributed by atoms with Crippen molar-refractivity contribution >= 4 is 5.97 Å². The van der Waals surface area contributed by atoms with Gasteiger partial charge in [-0.15, -0.1) is 0 Å². The van der Waals surface area contributed by atoms with Gasteiger partial charge in [0.1, 0.15) is 17.5 Å². The van der Waals surface area contributed by atoms with Gasteiger partial charge in [-0.05, 0) is 17.7 Å². The van der Waals surface area contributed by atoms with Crippen LogP contribution in [-0.4, -0.2) is 31.3 Å². The van der Waals surface area contributed by atoms with Gasteiger partial charge < -0.3 is 20.3 Å². The van der Waals surface area contributed by atoms with Gasteiger partial charge in [0, 0.05) is 11.5 Å². The Morgan fingerprint density at radius 1 is 1.00 bits per heavy atom. The van der Waals surface area contributed by atoms with Gasteiger partial charge in [0.15, 0.2) is 0 Å². The Balaban J connectivity index is 2.67. The summed E-state index contributed by atoms with van der Waals surface area (Å²) >= 11 is 0. The van der Waals surface area contributed by atoms with Gasteiger partial charge >= 0.3 is 5.97 Å². The lowest BCUT2D eigenvalue weighted by Crippen LogP contribution is -2.37. The summed E-state index contributed by atoms with van der Waals surface area (Å²) in [6, 6.07) is 13.5. The van der Waals surface area contributed by atoms with Gasteiger partial charge in [-0.1, -0.05) is 36.4 Å². The van der Waals surface area contributed by atoms with Crippen molar-refractivity contribution in [3.05, 3.63) is 59.7 Å². The smallest absolute Gasteiger partial charge is 0.321 e. The number of aliphatic carboxylic acids is 1. The molecule has 5 heteroatoms. The summed E-state index contributed by atoms with van der Waals surface area (Å²) in [6.07, 6.45) is 0. The van der Waals surface area contributed by atoms with E-state index in [1.165, 1.54) is 14.2 Å². The fraction of sp³-hybridized carbons (Fsp3) is 0.235. The minimum absolute atomic E-state index is 0.546. The summed E-state index contributed by atoms with van der Waals surface area (Å²) in [4.78, 5) is 11.5. The highest BCUT2D eigenvalue weighted by atomic mass is 16.5. The molecule has 2 atom stereocenters. The third kappa shape index (κ3) is 3.04. The van der Waals surface area contributed by atoms with Crippen molar-refractivity contribution in [2.24, 2.45) is 5.73 Å². The fourth-order valence-corrected chi connectivity index (χ4v) is 2.54. The third-order valence-electron chi connectivity index (χ3n) is 3.58. The fourth-order valence-electron chi connectivity index (χ4n) is 2.54. The van der Waals surface area contributed by atoms with Crippen LogP contribution in [0.4, 0.5) is 0 Å². The summed E-state index contributed by atoms with van der Waals surface area (Å²) in [5, 5.41) is 9.40. The van der Waals surface area contributed by atoms with Gasteiger partial charge in [0.25, 0.3) is 0 Å². The van der Waals surface area contributed by atoms with Crippen molar-refractivity contribution in [3.8, 4) is 11.5 Å². The molecule has 116 valence electrons. The standard InChI is InChI=1S/C17H19NO4/c1-21-12-9-6-10-13(22-2)15(12)14(16(18)17(19)20)11-7-4-3-5-8-11/h3-10,14,16H,18H2,1-2H3,(H,19,20)/t14?,16-/m1/s1. The highest BCUT2D eigenvalue weighted by Crippen LogP contribution is 2.40. The van der Waals surface area contributed by atoms with Crippen LogP contribution in [0.3, 0.4) is 0 Å². The number of benzene rings is 2. The van der Waals surface area contributed by atoms with Gasteiger partial charge in [-0.25, -0.2) is 0 Å². The molecule has 0 radical (unpaired) electrons. The SMILES string of the molecule is COc1cccc(OC)c1C(c1ccccc1)[C@@H](N)C(=O)O. The molecule has 0 aliphatic heterocycles. The molecule has 0 fully saturated rings. The average Bonchev–Trinajstić information content (AvgIpc) is 2.55. The van der Waals surface area contributed by atoms with Crippen molar-refractivity contribution in [3.63, 3.8) is 0 Å². The molecule has 0 aliphatic carbocycles. The molecular formula is C17H19NO4. The highest BCUT2D eigenvalue weighted by molar-refractivity contribution is 5.76. The number of rotatable bonds is 6. The zero-order valence-electron chi connectivity index (χ0n) is 12.5. The normalized spacial score (nSPS) is 13.2. The lowest BCUT2D eigenvalue weighted by molar-refractivity contribution is -0.138. The zero-order valence-corrected chi connectivity index (χ0v) is 12.5. The molecule has 1 unspecified atom stereocenters. The van der Waals surface area contributed by atoms with Gasteiger partial charge in [0.2, 0.25) is 0 Å². The largest absolute Gasteiger partial charge is 0.496 e. The Bertz CT molecular complexity index is 620. The van der Waals surface area contributed by atoms with E-state index in [9.17, 15) is 9.90 Å².